The van der Waals surface area contributed by atoms with Crippen molar-refractivity contribution in [3.63, 3.8) is 0 Å². The zero-order valence-electron chi connectivity index (χ0n) is 5.89. The highest BCUT2D eigenvalue weighted by atomic mass is 31.1. The second-order valence-electron chi connectivity index (χ2n) is 2.57. The van der Waals surface area contributed by atoms with Gasteiger partial charge in [0.05, 0.1) is 6.35 Å². The lowest BCUT2D eigenvalue weighted by Gasteiger charge is -2.09. The first-order chi connectivity index (χ1) is 3.66. The molecule has 0 heterocycles. The van der Waals surface area contributed by atoms with E-state index >= 15 is 0 Å². The highest BCUT2D eigenvalue weighted by Crippen LogP contribution is 2.30. The van der Waals surface area contributed by atoms with Gasteiger partial charge in [0, 0.05) is 0 Å². The van der Waals surface area contributed by atoms with Gasteiger partial charge >= 0.3 is 0 Å². The fraction of sp³-hybridized carbons (Fsp3) is 1.00. The average Bonchev–Trinajstić information content (AvgIpc) is 1.65. The highest BCUT2D eigenvalue weighted by Gasteiger charge is 2.00. The minimum atomic E-state index is -0.0622. The molecule has 1 N–H and O–H groups in total. The Kier molecular flexibility index (Phi) is 4.50. The van der Waals surface area contributed by atoms with Crippen molar-refractivity contribution < 1.29 is 5.11 Å². The van der Waals surface area contributed by atoms with Gasteiger partial charge in [0.15, 0.2) is 0 Å². The summed E-state index contributed by atoms with van der Waals surface area (Å²) in [6.07, 6.45) is 1.60. The molecule has 0 aromatic heterocycles. The van der Waals surface area contributed by atoms with E-state index in [4.69, 9.17) is 5.11 Å². The lowest BCUT2D eigenvalue weighted by molar-refractivity contribution is 0.369. The third-order valence-electron chi connectivity index (χ3n) is 0.918. The normalized spacial score (nSPS) is 14.6. The molecule has 2 heteroatoms. The van der Waals surface area contributed by atoms with E-state index in [9.17, 15) is 0 Å². The SMILES string of the molecule is CC(C)CP(C)CO. The highest BCUT2D eigenvalue weighted by molar-refractivity contribution is 7.56. The maximum absolute atomic E-state index is 8.61. The third-order valence-corrected chi connectivity index (χ3v) is 2.75. The van der Waals surface area contributed by atoms with Gasteiger partial charge in [-0.1, -0.05) is 21.8 Å². The van der Waals surface area contributed by atoms with Gasteiger partial charge < -0.3 is 5.11 Å². The van der Waals surface area contributed by atoms with Crippen LogP contribution >= 0.6 is 7.92 Å². The predicted molar refractivity (Wildman–Crippen MR) is 39.6 cm³/mol. The Morgan fingerprint density at radius 2 is 2.00 bits per heavy atom. The quantitative estimate of drug-likeness (QED) is 0.582. The molecule has 8 heavy (non-hydrogen) atoms. The largest absolute Gasteiger partial charge is 0.392 e. The first-order valence-corrected chi connectivity index (χ1v) is 5.12. The second-order valence-corrected chi connectivity index (χ2v) is 4.93. The summed E-state index contributed by atoms with van der Waals surface area (Å²) in [6.45, 7) is 6.51. The Labute approximate surface area is 52.9 Å². The van der Waals surface area contributed by atoms with Crippen LogP contribution in [0, 0.1) is 5.92 Å². The van der Waals surface area contributed by atoms with Gasteiger partial charge in [-0.15, -0.1) is 0 Å². The van der Waals surface area contributed by atoms with Gasteiger partial charge in [0.1, 0.15) is 0 Å². The minimum Gasteiger partial charge on any atom is -0.392 e. The van der Waals surface area contributed by atoms with E-state index in [1.807, 2.05) is 0 Å². The van der Waals surface area contributed by atoms with E-state index < -0.39 is 0 Å². The van der Waals surface area contributed by atoms with Gasteiger partial charge in [-0.2, -0.15) is 0 Å². The van der Waals surface area contributed by atoms with Crippen molar-refractivity contribution in [3.05, 3.63) is 0 Å². The Hall–Kier alpha value is 0.390. The van der Waals surface area contributed by atoms with Crippen LogP contribution in [0.15, 0.2) is 0 Å². The molecule has 0 aliphatic heterocycles. The van der Waals surface area contributed by atoms with Gasteiger partial charge in [0.2, 0.25) is 0 Å². The first kappa shape index (κ1) is 8.39. The number of aliphatic hydroxyl groups is 1. The molecule has 0 rings (SSSR count). The smallest absolute Gasteiger partial charge is 0.0621 e. The summed E-state index contributed by atoms with van der Waals surface area (Å²) in [5.74, 6) is 0.748. The van der Waals surface area contributed by atoms with Crippen LogP contribution in [0.2, 0.25) is 0 Å². The molecule has 1 atom stereocenters. The molecular weight excluding hydrogens is 119 g/mol. The summed E-state index contributed by atoms with van der Waals surface area (Å²) >= 11 is 0. The zero-order valence-corrected chi connectivity index (χ0v) is 6.78. The Bertz CT molecular complexity index is 54.5. The van der Waals surface area contributed by atoms with Crippen LogP contribution in [0.3, 0.4) is 0 Å². The number of hydrogen-bond donors (Lipinski definition) is 1. The van der Waals surface area contributed by atoms with Crippen molar-refractivity contribution in [3.8, 4) is 0 Å². The molecule has 0 aliphatic rings. The van der Waals surface area contributed by atoms with Crippen molar-refractivity contribution in [2.24, 2.45) is 5.92 Å². The number of rotatable bonds is 3. The Balaban J connectivity index is 3.10. The Morgan fingerprint density at radius 3 is 2.12 bits per heavy atom. The summed E-state index contributed by atoms with van der Waals surface area (Å²) in [6, 6.07) is 0. The van der Waals surface area contributed by atoms with Crippen LogP contribution in [0.25, 0.3) is 0 Å². The van der Waals surface area contributed by atoms with Crippen molar-refractivity contribution in [1.82, 2.24) is 0 Å². The average molecular weight is 134 g/mol. The summed E-state index contributed by atoms with van der Waals surface area (Å²) in [5.41, 5.74) is 0. The fourth-order valence-corrected chi connectivity index (χ4v) is 2.04. The lowest BCUT2D eigenvalue weighted by Crippen LogP contribution is -1.95. The molecule has 0 saturated carbocycles. The van der Waals surface area contributed by atoms with E-state index in [0.29, 0.717) is 6.35 Å². The van der Waals surface area contributed by atoms with Crippen molar-refractivity contribution >= 4 is 7.92 Å². The molecule has 0 spiro atoms. The van der Waals surface area contributed by atoms with Gasteiger partial charge in [-0.3, -0.25) is 0 Å². The van der Waals surface area contributed by atoms with Crippen LogP contribution in [0.1, 0.15) is 13.8 Å². The molecular formula is C6H15OP. The maximum atomic E-state index is 8.61. The molecule has 0 aromatic rings. The standard InChI is InChI=1S/C6H15OP/c1-6(2)4-8(3)5-7/h6-7H,4-5H2,1-3H3. The van der Waals surface area contributed by atoms with Crippen LogP contribution in [-0.2, 0) is 0 Å². The molecule has 0 bridgehead atoms. The summed E-state index contributed by atoms with van der Waals surface area (Å²) in [4.78, 5) is 0. The summed E-state index contributed by atoms with van der Waals surface area (Å²) in [7, 11) is -0.0622. The van der Waals surface area contributed by atoms with Gasteiger partial charge in [-0.05, 0) is 18.7 Å². The van der Waals surface area contributed by atoms with E-state index in [1.165, 1.54) is 6.16 Å². The Morgan fingerprint density at radius 1 is 1.50 bits per heavy atom. The predicted octanol–water partition coefficient (Wildman–Crippen LogP) is 1.70. The second kappa shape index (κ2) is 4.29. The van der Waals surface area contributed by atoms with E-state index in [-0.39, 0.29) is 7.92 Å². The summed E-state index contributed by atoms with van der Waals surface area (Å²) < 4.78 is 0. The molecule has 1 nitrogen and oxygen atoms in total. The van der Waals surface area contributed by atoms with Crippen molar-refractivity contribution in [1.29, 1.82) is 0 Å². The number of aliphatic hydroxyl groups excluding tert-OH is 1. The van der Waals surface area contributed by atoms with Crippen LogP contribution in [0.4, 0.5) is 0 Å². The molecule has 50 valence electrons. The molecule has 0 aliphatic carbocycles. The minimum absolute atomic E-state index is 0.0622. The monoisotopic (exact) mass is 134 g/mol. The topological polar surface area (TPSA) is 20.2 Å². The zero-order chi connectivity index (χ0) is 6.57. The molecule has 0 aromatic carbocycles. The lowest BCUT2D eigenvalue weighted by atomic mass is 10.3. The third kappa shape index (κ3) is 4.55. The van der Waals surface area contributed by atoms with Crippen LogP contribution in [0.5, 0.6) is 0 Å². The molecule has 0 radical (unpaired) electrons. The molecule has 1 unspecified atom stereocenters. The maximum Gasteiger partial charge on any atom is 0.0621 e. The number of hydrogen-bond acceptors (Lipinski definition) is 1. The van der Waals surface area contributed by atoms with Crippen LogP contribution in [-0.4, -0.2) is 24.3 Å². The van der Waals surface area contributed by atoms with E-state index in [0.717, 1.165) is 5.92 Å². The van der Waals surface area contributed by atoms with Crippen molar-refractivity contribution in [2.45, 2.75) is 13.8 Å². The van der Waals surface area contributed by atoms with Gasteiger partial charge in [-0.25, -0.2) is 0 Å². The molecule has 0 saturated heterocycles. The fourth-order valence-electron chi connectivity index (χ4n) is 0.681. The first-order valence-electron chi connectivity index (χ1n) is 2.96. The van der Waals surface area contributed by atoms with E-state index in [2.05, 4.69) is 20.5 Å². The van der Waals surface area contributed by atoms with Gasteiger partial charge in [0.25, 0.3) is 0 Å². The van der Waals surface area contributed by atoms with Crippen LogP contribution < -0.4 is 0 Å². The summed E-state index contributed by atoms with van der Waals surface area (Å²) in [5, 5.41) is 8.61. The van der Waals surface area contributed by atoms with E-state index in [1.54, 1.807) is 0 Å². The molecule has 0 fully saturated rings. The van der Waals surface area contributed by atoms with Crippen molar-refractivity contribution in [2.75, 3.05) is 19.2 Å². The molecule has 0 amide bonds.